The maximum absolute atomic E-state index is 13.1. The highest BCUT2D eigenvalue weighted by molar-refractivity contribution is 7.20. The van der Waals surface area contributed by atoms with Crippen molar-refractivity contribution < 1.29 is 27.8 Å². The van der Waals surface area contributed by atoms with Crippen LogP contribution >= 0.6 is 11.3 Å². The molecule has 2 aromatic carbocycles. The Morgan fingerprint density at radius 1 is 1.12 bits per heavy atom. The molecule has 0 aliphatic carbocycles. The predicted molar refractivity (Wildman–Crippen MR) is 124 cm³/mol. The topological polar surface area (TPSA) is 46.5 Å². The van der Waals surface area contributed by atoms with Crippen molar-refractivity contribution in [3.05, 3.63) is 58.5 Å². The monoisotopic (exact) mass is 462 g/mol. The van der Waals surface area contributed by atoms with E-state index in [0.717, 1.165) is 32.2 Å². The van der Waals surface area contributed by atoms with Gasteiger partial charge in [0.1, 0.15) is 5.75 Å². The van der Waals surface area contributed by atoms with Crippen molar-refractivity contribution in [1.82, 2.24) is 0 Å². The molecule has 1 aromatic heterocycles. The lowest BCUT2D eigenvalue weighted by Crippen LogP contribution is -2.22. The molecule has 0 fully saturated rings. The number of allylic oxidation sites excluding steroid dienone is 1. The maximum atomic E-state index is 13.1. The van der Waals surface area contributed by atoms with E-state index in [4.69, 9.17) is 9.84 Å². The van der Waals surface area contributed by atoms with Gasteiger partial charge in [0.05, 0.1) is 0 Å². The zero-order chi connectivity index (χ0) is 23.8. The molecule has 0 amide bonds. The number of carboxylic acid groups (broad SMARTS) is 1. The highest BCUT2D eigenvalue weighted by Gasteiger charge is 2.31. The van der Waals surface area contributed by atoms with Gasteiger partial charge in [0.15, 0.2) is 6.61 Å². The molecule has 3 rings (SSSR count). The Kier molecular flexibility index (Phi) is 6.43. The van der Waals surface area contributed by atoms with Crippen LogP contribution in [0.15, 0.2) is 42.5 Å². The molecule has 0 spiro atoms. The second-order valence-electron chi connectivity index (χ2n) is 8.84. The van der Waals surface area contributed by atoms with Crippen LogP contribution in [0.25, 0.3) is 26.8 Å². The maximum Gasteiger partial charge on any atom is 0.422 e. The van der Waals surface area contributed by atoms with Gasteiger partial charge < -0.3 is 9.84 Å². The Labute approximate surface area is 189 Å². The molecule has 32 heavy (non-hydrogen) atoms. The summed E-state index contributed by atoms with van der Waals surface area (Å²) >= 11 is 1.44. The average molecular weight is 463 g/mol. The number of fused-ring (bicyclic) bond motifs is 1. The molecule has 1 N–H and O–H groups in total. The van der Waals surface area contributed by atoms with Crippen molar-refractivity contribution in [3.8, 4) is 16.9 Å². The molecule has 0 aliphatic heterocycles. The molecule has 0 atom stereocenters. The van der Waals surface area contributed by atoms with Crippen LogP contribution in [0.1, 0.15) is 43.7 Å². The van der Waals surface area contributed by atoms with Gasteiger partial charge in [-0.05, 0) is 54.2 Å². The standard InChI is InChI=1S/C25H25F3O3S/c1-14-9-18(23(31-13-25(26,27)28)19(10-14)24(3,4)5)16-7-6-8-20-17(16)12-21(32-20)15(2)11-22(29)30/h6-12H,13H2,1-5H3,(H,29,30)/b15-11-. The number of rotatable bonds is 5. The minimum Gasteiger partial charge on any atom is -0.483 e. The van der Waals surface area contributed by atoms with Gasteiger partial charge in [-0.3, -0.25) is 0 Å². The largest absolute Gasteiger partial charge is 0.483 e. The number of benzene rings is 2. The second-order valence-corrected chi connectivity index (χ2v) is 9.92. The van der Waals surface area contributed by atoms with Crippen molar-refractivity contribution in [1.29, 1.82) is 0 Å². The molecule has 0 unspecified atom stereocenters. The first-order chi connectivity index (χ1) is 14.8. The Bertz CT molecular complexity index is 1200. The summed E-state index contributed by atoms with van der Waals surface area (Å²) in [6.45, 7) is 8.07. The molecule has 0 bridgehead atoms. The van der Waals surface area contributed by atoms with Gasteiger partial charge in [0.25, 0.3) is 0 Å². The van der Waals surface area contributed by atoms with E-state index in [1.807, 2.05) is 64.1 Å². The van der Waals surface area contributed by atoms with Crippen molar-refractivity contribution >= 4 is 33.0 Å². The highest BCUT2D eigenvalue weighted by atomic mass is 32.1. The first kappa shape index (κ1) is 23.9. The Balaban J connectivity index is 2.27. The second kappa shape index (κ2) is 8.62. The Morgan fingerprint density at radius 2 is 1.81 bits per heavy atom. The summed E-state index contributed by atoms with van der Waals surface area (Å²) in [5.41, 5.74) is 3.13. The minimum absolute atomic E-state index is 0.221. The molecule has 7 heteroatoms. The van der Waals surface area contributed by atoms with E-state index < -0.39 is 24.2 Å². The van der Waals surface area contributed by atoms with E-state index in [0.29, 0.717) is 16.7 Å². The van der Waals surface area contributed by atoms with E-state index in [2.05, 4.69) is 0 Å². The zero-order valence-corrected chi connectivity index (χ0v) is 19.4. The van der Waals surface area contributed by atoms with Crippen molar-refractivity contribution in [2.45, 2.75) is 46.2 Å². The molecule has 0 saturated heterocycles. The number of carbonyl (C=O) groups is 1. The van der Waals surface area contributed by atoms with Gasteiger partial charge in [-0.1, -0.05) is 39.0 Å². The van der Waals surface area contributed by atoms with Crippen LogP contribution in [0.3, 0.4) is 0 Å². The van der Waals surface area contributed by atoms with Crippen LogP contribution in [0, 0.1) is 6.92 Å². The molecule has 0 aliphatic rings. The van der Waals surface area contributed by atoms with Crippen LogP contribution in [-0.4, -0.2) is 23.9 Å². The third-order valence-electron chi connectivity index (χ3n) is 5.00. The van der Waals surface area contributed by atoms with Gasteiger partial charge in [0.2, 0.25) is 0 Å². The number of ether oxygens (including phenoxy) is 1. The molecule has 3 nitrogen and oxygen atoms in total. The smallest absolute Gasteiger partial charge is 0.422 e. The summed E-state index contributed by atoms with van der Waals surface area (Å²) in [6.07, 6.45) is -3.32. The van der Waals surface area contributed by atoms with Crippen LogP contribution in [-0.2, 0) is 10.2 Å². The summed E-state index contributed by atoms with van der Waals surface area (Å²) in [4.78, 5) is 11.9. The number of aryl methyl sites for hydroxylation is 1. The van der Waals surface area contributed by atoms with Crippen molar-refractivity contribution in [3.63, 3.8) is 0 Å². The van der Waals surface area contributed by atoms with E-state index in [1.165, 1.54) is 11.3 Å². The first-order valence-electron chi connectivity index (χ1n) is 10.1. The molecule has 0 radical (unpaired) electrons. The minimum atomic E-state index is -4.46. The number of hydrogen-bond donors (Lipinski definition) is 1. The van der Waals surface area contributed by atoms with Crippen LogP contribution in [0.2, 0.25) is 0 Å². The van der Waals surface area contributed by atoms with Gasteiger partial charge in [-0.15, -0.1) is 11.3 Å². The Hall–Kier alpha value is -2.80. The average Bonchev–Trinajstić information content (AvgIpc) is 3.09. The van der Waals surface area contributed by atoms with Gasteiger partial charge in [0, 0.05) is 32.2 Å². The highest BCUT2D eigenvalue weighted by Crippen LogP contribution is 2.44. The lowest BCUT2D eigenvalue weighted by molar-refractivity contribution is -0.153. The number of hydrogen-bond acceptors (Lipinski definition) is 3. The summed E-state index contributed by atoms with van der Waals surface area (Å²) in [6, 6.07) is 11.2. The summed E-state index contributed by atoms with van der Waals surface area (Å²) in [7, 11) is 0. The summed E-state index contributed by atoms with van der Waals surface area (Å²) in [5, 5.41) is 9.91. The van der Waals surface area contributed by atoms with E-state index in [1.54, 1.807) is 6.92 Å². The fourth-order valence-electron chi connectivity index (χ4n) is 3.59. The molecule has 3 aromatic rings. The third kappa shape index (κ3) is 5.33. The predicted octanol–water partition coefficient (Wildman–Crippen LogP) is 7.60. The summed E-state index contributed by atoms with van der Waals surface area (Å²) < 4.78 is 45.5. The van der Waals surface area contributed by atoms with Gasteiger partial charge >= 0.3 is 12.1 Å². The number of thiophene rings is 1. The van der Waals surface area contributed by atoms with Crippen LogP contribution < -0.4 is 4.74 Å². The number of carboxylic acids is 1. The van der Waals surface area contributed by atoms with Gasteiger partial charge in [-0.25, -0.2) is 4.79 Å². The Morgan fingerprint density at radius 3 is 2.41 bits per heavy atom. The van der Waals surface area contributed by atoms with Crippen LogP contribution in [0.4, 0.5) is 13.2 Å². The fourth-order valence-corrected chi connectivity index (χ4v) is 4.65. The van der Waals surface area contributed by atoms with Crippen LogP contribution in [0.5, 0.6) is 5.75 Å². The molecular weight excluding hydrogens is 437 g/mol. The summed E-state index contributed by atoms with van der Waals surface area (Å²) in [5.74, 6) is -0.810. The number of halogens is 3. The zero-order valence-electron chi connectivity index (χ0n) is 18.6. The lowest BCUT2D eigenvalue weighted by Gasteiger charge is -2.26. The van der Waals surface area contributed by atoms with E-state index in [9.17, 15) is 18.0 Å². The van der Waals surface area contributed by atoms with Gasteiger partial charge in [-0.2, -0.15) is 13.2 Å². The van der Waals surface area contributed by atoms with E-state index in [-0.39, 0.29) is 5.75 Å². The fraction of sp³-hybridized carbons (Fsp3) is 0.320. The van der Waals surface area contributed by atoms with Crippen molar-refractivity contribution in [2.24, 2.45) is 0 Å². The first-order valence-corrected chi connectivity index (χ1v) is 10.9. The SMILES string of the molecule is C/C(=C/C(=O)O)c1cc2c(-c3cc(C)cc(C(C)(C)C)c3OCC(F)(F)F)cccc2s1. The molecular formula is C25H25F3O3S. The number of aliphatic carboxylic acids is 1. The number of alkyl halides is 3. The third-order valence-corrected chi connectivity index (χ3v) is 6.24. The van der Waals surface area contributed by atoms with Crippen molar-refractivity contribution in [2.75, 3.05) is 6.61 Å². The molecule has 170 valence electrons. The molecule has 1 heterocycles. The lowest BCUT2D eigenvalue weighted by atomic mass is 9.83. The quantitative estimate of drug-likeness (QED) is 0.397. The van der Waals surface area contributed by atoms with E-state index >= 15 is 0 Å². The molecule has 0 saturated carbocycles. The normalized spacial score (nSPS) is 12.9.